The predicted molar refractivity (Wildman–Crippen MR) is 149 cm³/mol. The van der Waals surface area contributed by atoms with E-state index in [0.717, 1.165) is 83.1 Å². The molecule has 0 atom stereocenters. The standard InChI is InChI=1S/C29H30N6O2S/c1-18(36)31-29-32-24-10-9-23-26(21-4-3-13-30-17-21)33-35(27(23)28(24)38-29)22-7-5-20(6-8-22)25(37)16-19-11-14-34(2)15-12-19/h3-8,13,17,19H,9-12,14-16H2,1-2H3,(H,31,32,36). The number of Topliss-reactive ketones (excluding diaryl/α,β-unsaturated/α-hetero) is 1. The molecule has 1 N–H and O–H groups in total. The third-order valence-corrected chi connectivity index (χ3v) is 8.49. The molecule has 1 fully saturated rings. The SMILES string of the molecule is CC(=O)Nc1nc2c(s1)-c1c(c(-c3cccnc3)nn1-c1ccc(C(=O)CC3CCN(C)CC3)cc1)CC2. The summed E-state index contributed by atoms with van der Waals surface area (Å²) in [7, 11) is 2.14. The van der Waals surface area contributed by atoms with Crippen molar-refractivity contribution in [2.75, 3.05) is 25.5 Å². The normalized spacial score (nSPS) is 15.6. The highest BCUT2D eigenvalue weighted by Gasteiger charge is 2.30. The van der Waals surface area contributed by atoms with Gasteiger partial charge in [0.1, 0.15) is 0 Å². The number of hydrogen-bond acceptors (Lipinski definition) is 7. The van der Waals surface area contributed by atoms with Gasteiger partial charge in [0.2, 0.25) is 5.91 Å². The second-order valence-electron chi connectivity index (χ2n) is 10.2. The minimum Gasteiger partial charge on any atom is -0.306 e. The van der Waals surface area contributed by atoms with Gasteiger partial charge in [0.05, 0.1) is 27.6 Å². The van der Waals surface area contributed by atoms with E-state index in [1.165, 1.54) is 18.3 Å². The maximum absolute atomic E-state index is 13.0. The van der Waals surface area contributed by atoms with E-state index in [0.29, 0.717) is 17.5 Å². The lowest BCUT2D eigenvalue weighted by Crippen LogP contribution is -2.31. The van der Waals surface area contributed by atoms with Crippen molar-refractivity contribution in [3.8, 4) is 27.5 Å². The molecule has 8 nitrogen and oxygen atoms in total. The maximum atomic E-state index is 13.0. The van der Waals surface area contributed by atoms with Crippen molar-refractivity contribution in [2.45, 2.75) is 39.0 Å². The Morgan fingerprint density at radius 2 is 1.89 bits per heavy atom. The lowest BCUT2D eigenvalue weighted by molar-refractivity contribution is -0.114. The molecule has 1 aliphatic carbocycles. The summed E-state index contributed by atoms with van der Waals surface area (Å²) in [5.41, 5.74) is 6.59. The summed E-state index contributed by atoms with van der Waals surface area (Å²) in [6, 6.07) is 11.7. The molecule has 2 aliphatic rings. The Bertz CT molecular complexity index is 1480. The first kappa shape index (κ1) is 24.6. The molecule has 1 aliphatic heterocycles. The number of carbonyl (C=O) groups is 2. The lowest BCUT2D eigenvalue weighted by atomic mass is 9.90. The number of carbonyl (C=O) groups excluding carboxylic acids is 2. The van der Waals surface area contributed by atoms with Crippen LogP contribution in [0, 0.1) is 5.92 Å². The molecule has 1 aromatic carbocycles. The molecule has 0 spiro atoms. The molecule has 1 saturated heterocycles. The van der Waals surface area contributed by atoms with E-state index < -0.39 is 0 Å². The van der Waals surface area contributed by atoms with E-state index in [4.69, 9.17) is 5.10 Å². The number of nitrogens with one attached hydrogen (secondary N) is 1. The Labute approximate surface area is 225 Å². The van der Waals surface area contributed by atoms with Crippen LogP contribution < -0.4 is 5.32 Å². The van der Waals surface area contributed by atoms with Gasteiger partial charge >= 0.3 is 0 Å². The summed E-state index contributed by atoms with van der Waals surface area (Å²) >= 11 is 1.47. The number of hydrogen-bond donors (Lipinski definition) is 1. The number of nitrogens with zero attached hydrogens (tertiary/aromatic N) is 5. The van der Waals surface area contributed by atoms with Gasteiger partial charge in [0.15, 0.2) is 10.9 Å². The Morgan fingerprint density at radius 1 is 1.11 bits per heavy atom. The number of rotatable bonds is 6. The third-order valence-electron chi connectivity index (χ3n) is 7.47. The molecule has 6 rings (SSSR count). The first-order valence-electron chi connectivity index (χ1n) is 13.1. The maximum Gasteiger partial charge on any atom is 0.223 e. The van der Waals surface area contributed by atoms with Gasteiger partial charge in [-0.1, -0.05) is 11.3 Å². The number of amides is 1. The molecular weight excluding hydrogens is 496 g/mol. The molecule has 0 unspecified atom stereocenters. The van der Waals surface area contributed by atoms with Crippen LogP contribution >= 0.6 is 11.3 Å². The van der Waals surface area contributed by atoms with Crippen LogP contribution in [0.15, 0.2) is 48.8 Å². The monoisotopic (exact) mass is 526 g/mol. The van der Waals surface area contributed by atoms with Crippen molar-refractivity contribution in [3.05, 3.63) is 65.6 Å². The van der Waals surface area contributed by atoms with Gasteiger partial charge in [-0.3, -0.25) is 14.6 Å². The fraction of sp³-hybridized carbons (Fsp3) is 0.345. The molecule has 38 heavy (non-hydrogen) atoms. The van der Waals surface area contributed by atoms with Crippen LogP contribution in [0.3, 0.4) is 0 Å². The molecule has 4 aromatic rings. The molecular formula is C29H30N6O2S. The summed E-state index contributed by atoms with van der Waals surface area (Å²) in [4.78, 5) is 37.1. The van der Waals surface area contributed by atoms with Gasteiger partial charge in [-0.15, -0.1) is 0 Å². The van der Waals surface area contributed by atoms with Crippen LogP contribution in [0.1, 0.15) is 47.8 Å². The van der Waals surface area contributed by atoms with E-state index in [2.05, 4.69) is 27.2 Å². The van der Waals surface area contributed by atoms with Crippen LogP contribution in [0.2, 0.25) is 0 Å². The Balaban J connectivity index is 1.36. The average Bonchev–Trinajstić information content (AvgIpc) is 3.51. The van der Waals surface area contributed by atoms with Gasteiger partial charge in [0.25, 0.3) is 0 Å². The largest absolute Gasteiger partial charge is 0.306 e. The van der Waals surface area contributed by atoms with Crippen molar-refractivity contribution >= 4 is 28.2 Å². The van der Waals surface area contributed by atoms with Crippen LogP contribution in [-0.2, 0) is 17.6 Å². The fourth-order valence-electron chi connectivity index (χ4n) is 5.43. The fourth-order valence-corrected chi connectivity index (χ4v) is 6.55. The van der Waals surface area contributed by atoms with E-state index in [-0.39, 0.29) is 11.7 Å². The van der Waals surface area contributed by atoms with Gasteiger partial charge in [0, 0.05) is 42.4 Å². The number of ketones is 1. The number of aromatic nitrogens is 4. The first-order chi connectivity index (χ1) is 18.5. The van der Waals surface area contributed by atoms with Crippen molar-refractivity contribution < 1.29 is 9.59 Å². The molecule has 0 bridgehead atoms. The van der Waals surface area contributed by atoms with E-state index >= 15 is 0 Å². The number of benzene rings is 1. The zero-order valence-electron chi connectivity index (χ0n) is 21.6. The van der Waals surface area contributed by atoms with E-state index in [1.807, 2.05) is 47.3 Å². The number of likely N-dealkylation sites (tertiary alicyclic amines) is 1. The lowest BCUT2D eigenvalue weighted by Gasteiger charge is -2.28. The summed E-state index contributed by atoms with van der Waals surface area (Å²) in [5.74, 6) is 0.525. The molecule has 3 aromatic heterocycles. The van der Waals surface area contributed by atoms with Crippen molar-refractivity contribution in [2.24, 2.45) is 5.92 Å². The average molecular weight is 527 g/mol. The van der Waals surface area contributed by atoms with Crippen molar-refractivity contribution in [1.82, 2.24) is 24.6 Å². The van der Waals surface area contributed by atoms with Crippen LogP contribution in [0.25, 0.3) is 27.5 Å². The van der Waals surface area contributed by atoms with Gasteiger partial charge in [-0.2, -0.15) is 5.10 Å². The minimum atomic E-state index is -0.138. The summed E-state index contributed by atoms with van der Waals surface area (Å²) in [5, 5.41) is 8.49. The van der Waals surface area contributed by atoms with Gasteiger partial charge < -0.3 is 10.2 Å². The highest BCUT2D eigenvalue weighted by Crippen LogP contribution is 2.44. The molecule has 9 heteroatoms. The van der Waals surface area contributed by atoms with E-state index in [9.17, 15) is 9.59 Å². The highest BCUT2D eigenvalue weighted by molar-refractivity contribution is 7.19. The quantitative estimate of drug-likeness (QED) is 0.354. The topological polar surface area (TPSA) is 93.0 Å². The molecule has 0 saturated carbocycles. The molecule has 1 amide bonds. The smallest absolute Gasteiger partial charge is 0.223 e. The number of anilines is 1. The highest BCUT2D eigenvalue weighted by atomic mass is 32.1. The molecule has 4 heterocycles. The van der Waals surface area contributed by atoms with Crippen LogP contribution in [0.5, 0.6) is 0 Å². The van der Waals surface area contributed by atoms with Crippen LogP contribution in [-0.4, -0.2) is 56.5 Å². The van der Waals surface area contributed by atoms with Crippen molar-refractivity contribution in [3.63, 3.8) is 0 Å². The number of fused-ring (bicyclic) bond motifs is 3. The second kappa shape index (κ2) is 10.2. The molecule has 194 valence electrons. The number of pyridine rings is 1. The third kappa shape index (κ3) is 4.79. The number of piperidine rings is 1. The van der Waals surface area contributed by atoms with Crippen LogP contribution in [0.4, 0.5) is 5.13 Å². The predicted octanol–water partition coefficient (Wildman–Crippen LogP) is 5.03. The second-order valence-corrected chi connectivity index (χ2v) is 11.2. The van der Waals surface area contributed by atoms with Gasteiger partial charge in [-0.25, -0.2) is 9.67 Å². The summed E-state index contributed by atoms with van der Waals surface area (Å²) < 4.78 is 1.95. The van der Waals surface area contributed by atoms with Gasteiger partial charge in [-0.05, 0) is 88.1 Å². The summed E-state index contributed by atoms with van der Waals surface area (Å²) in [6.07, 6.45) is 7.93. The summed E-state index contributed by atoms with van der Waals surface area (Å²) in [6.45, 7) is 3.61. The molecule has 0 radical (unpaired) electrons. The Hall–Kier alpha value is -3.69. The number of aryl methyl sites for hydroxylation is 1. The Kier molecular flexibility index (Phi) is 6.63. The minimum absolute atomic E-state index is 0.138. The Morgan fingerprint density at radius 3 is 2.61 bits per heavy atom. The van der Waals surface area contributed by atoms with E-state index in [1.54, 1.807) is 6.20 Å². The zero-order valence-corrected chi connectivity index (χ0v) is 22.4. The first-order valence-corrected chi connectivity index (χ1v) is 13.9. The van der Waals surface area contributed by atoms with Crippen molar-refractivity contribution in [1.29, 1.82) is 0 Å². The zero-order chi connectivity index (χ0) is 26.2. The number of thiazole rings is 1.